The van der Waals surface area contributed by atoms with Gasteiger partial charge in [0.15, 0.2) is 0 Å². The molecule has 0 aliphatic rings. The third-order valence-electron chi connectivity index (χ3n) is 6.87. The van der Waals surface area contributed by atoms with Crippen LogP contribution in [0.15, 0.2) is 48.5 Å². The number of hydrogen-bond donors (Lipinski definition) is 1. The lowest BCUT2D eigenvalue weighted by Gasteiger charge is -2.12. The molecule has 0 saturated heterocycles. The van der Waals surface area contributed by atoms with E-state index in [9.17, 15) is 26.3 Å². The summed E-state index contributed by atoms with van der Waals surface area (Å²) in [5, 5.41) is 1.84. The lowest BCUT2D eigenvalue weighted by atomic mass is 10.1. The van der Waals surface area contributed by atoms with Crippen LogP contribution in [0.1, 0.15) is 61.2 Å². The Morgan fingerprint density at radius 2 is 0.696 bits per heavy atom. The number of alkyl halides is 6. The number of anilines is 1. The highest BCUT2D eigenvalue weighted by Gasteiger charge is 2.34. The van der Waals surface area contributed by atoms with E-state index >= 15 is 0 Å². The molecule has 46 heavy (non-hydrogen) atoms. The maximum absolute atomic E-state index is 12.4. The Balaban J connectivity index is 0.000000309. The summed E-state index contributed by atoms with van der Waals surface area (Å²) in [7, 11) is 0. The Labute approximate surface area is 287 Å². The van der Waals surface area contributed by atoms with Crippen LogP contribution in [0, 0.1) is 62.3 Å². The first-order chi connectivity index (χ1) is 20.9. The van der Waals surface area contributed by atoms with E-state index in [2.05, 4.69) is 39.8 Å². The van der Waals surface area contributed by atoms with Crippen molar-refractivity contribution in [2.45, 2.75) is 74.7 Å². The molecule has 0 spiro atoms. The Morgan fingerprint density at radius 1 is 0.413 bits per heavy atom. The molecule has 0 aliphatic heterocycles. The fourth-order valence-electron chi connectivity index (χ4n) is 4.07. The van der Waals surface area contributed by atoms with E-state index in [4.69, 9.17) is 52.1 Å². The number of nitrogens with two attached hydrogens (primary N) is 1. The average molecular weight is 727 g/mol. The summed E-state index contributed by atoms with van der Waals surface area (Å²) in [4.78, 5) is 0. The normalized spacial score (nSPS) is 11.0. The molecule has 0 fully saturated rings. The second kappa shape index (κ2) is 17.0. The molecule has 0 unspecified atom stereocenters. The number of benzene rings is 4. The fraction of sp³-hybridized carbons (Fsp3) is 0.314. The van der Waals surface area contributed by atoms with Crippen LogP contribution in [0.4, 0.5) is 32.0 Å². The third kappa shape index (κ3) is 12.6. The van der Waals surface area contributed by atoms with E-state index < -0.39 is 29.2 Å². The molecule has 0 atom stereocenters. The van der Waals surface area contributed by atoms with Gasteiger partial charge in [0.2, 0.25) is 0 Å². The molecule has 2 N–H and O–H groups in total. The van der Waals surface area contributed by atoms with Crippen LogP contribution < -0.4 is 5.73 Å². The highest BCUT2D eigenvalue weighted by atomic mass is 35.5. The zero-order chi connectivity index (χ0) is 35.9. The zero-order valence-electron chi connectivity index (χ0n) is 27.0. The van der Waals surface area contributed by atoms with E-state index in [0.29, 0.717) is 11.1 Å². The maximum atomic E-state index is 12.4. The van der Waals surface area contributed by atoms with Crippen molar-refractivity contribution < 1.29 is 26.3 Å². The maximum Gasteiger partial charge on any atom is 0.418 e. The minimum Gasteiger partial charge on any atom is -0.397 e. The summed E-state index contributed by atoms with van der Waals surface area (Å²) in [6.45, 7) is 16.8. The summed E-state index contributed by atoms with van der Waals surface area (Å²) in [6, 6.07) is 13.2. The van der Waals surface area contributed by atoms with Gasteiger partial charge in [-0.2, -0.15) is 26.3 Å². The first-order valence-electron chi connectivity index (χ1n) is 13.8. The zero-order valence-corrected chi connectivity index (χ0v) is 30.0. The first-order valence-corrected chi connectivity index (χ1v) is 15.3. The van der Waals surface area contributed by atoms with E-state index in [1.807, 2.05) is 26.0 Å². The molecule has 11 heteroatoms. The van der Waals surface area contributed by atoms with Gasteiger partial charge in [-0.05, 0) is 149 Å². The van der Waals surface area contributed by atoms with Gasteiger partial charge in [0, 0.05) is 15.1 Å². The van der Waals surface area contributed by atoms with Crippen molar-refractivity contribution in [1.82, 2.24) is 0 Å². The van der Waals surface area contributed by atoms with Gasteiger partial charge in [-0.1, -0.05) is 58.5 Å². The van der Waals surface area contributed by atoms with Crippen molar-refractivity contribution in [3.8, 4) is 0 Å². The number of aryl methyl sites for hydroxylation is 6. The molecule has 0 aromatic heterocycles. The Morgan fingerprint density at radius 3 is 1.02 bits per heavy atom. The summed E-state index contributed by atoms with van der Waals surface area (Å²) in [5.41, 5.74) is 11.6. The summed E-state index contributed by atoms with van der Waals surface area (Å²) < 4.78 is 73.9. The van der Waals surface area contributed by atoms with Gasteiger partial charge in [0.1, 0.15) is 0 Å². The molecule has 1 nitrogen and oxygen atoms in total. The number of nitrogen functional groups attached to an aromatic ring is 1. The minimum absolute atomic E-state index is 0.0627. The number of halogens is 10. The van der Waals surface area contributed by atoms with Crippen LogP contribution in [-0.4, -0.2) is 0 Å². The van der Waals surface area contributed by atoms with Crippen molar-refractivity contribution in [3.05, 3.63) is 130 Å². The molecular weight excluding hydrogens is 690 g/mol. The van der Waals surface area contributed by atoms with Gasteiger partial charge in [-0.3, -0.25) is 0 Å². The van der Waals surface area contributed by atoms with Gasteiger partial charge in [0.25, 0.3) is 0 Å². The molecule has 0 saturated carbocycles. The third-order valence-corrected chi connectivity index (χ3v) is 8.36. The van der Waals surface area contributed by atoms with Crippen LogP contribution in [0.5, 0.6) is 0 Å². The van der Waals surface area contributed by atoms with Gasteiger partial charge in [-0.25, -0.2) is 0 Å². The molecule has 0 aliphatic carbocycles. The van der Waals surface area contributed by atoms with Crippen LogP contribution in [0.3, 0.4) is 0 Å². The smallest absolute Gasteiger partial charge is 0.397 e. The van der Waals surface area contributed by atoms with Gasteiger partial charge in [-0.15, -0.1) is 0 Å². The van der Waals surface area contributed by atoms with Crippen LogP contribution in [-0.2, 0) is 12.4 Å². The fourth-order valence-corrected chi connectivity index (χ4v) is 5.26. The van der Waals surface area contributed by atoms with Crippen molar-refractivity contribution in [2.24, 2.45) is 0 Å². The SMILES string of the molecule is Cc1cc(C)c(C)c(Cl)c1.Cc1cc(C)c(C)c(Cl)c1.Cc1cc(Cl)c(C)c(C(F)(F)F)c1.Cc1cc(Cl)c(N)c(C(F)(F)F)c1. The van der Waals surface area contributed by atoms with Crippen molar-refractivity contribution in [2.75, 3.05) is 5.73 Å². The molecule has 0 heterocycles. The van der Waals surface area contributed by atoms with E-state index in [1.54, 1.807) is 6.92 Å². The summed E-state index contributed by atoms with van der Waals surface area (Å²) in [6.07, 6.45) is -8.76. The van der Waals surface area contributed by atoms with Gasteiger partial charge < -0.3 is 5.73 Å². The predicted octanol–water partition coefficient (Wildman–Crippen LogP) is 13.8. The second-order valence-electron chi connectivity index (χ2n) is 11.0. The molecule has 4 aromatic carbocycles. The largest absolute Gasteiger partial charge is 0.418 e. The Hall–Kier alpha value is -2.58. The highest BCUT2D eigenvalue weighted by molar-refractivity contribution is 6.33. The summed E-state index contributed by atoms with van der Waals surface area (Å²) >= 11 is 23.0. The van der Waals surface area contributed by atoms with Crippen LogP contribution in [0.25, 0.3) is 0 Å². The number of rotatable bonds is 0. The van der Waals surface area contributed by atoms with E-state index in [1.165, 1.54) is 59.4 Å². The summed E-state index contributed by atoms with van der Waals surface area (Å²) in [5.74, 6) is 0. The predicted molar refractivity (Wildman–Crippen MR) is 183 cm³/mol. The van der Waals surface area contributed by atoms with Crippen molar-refractivity contribution in [3.63, 3.8) is 0 Å². The molecule has 252 valence electrons. The van der Waals surface area contributed by atoms with Gasteiger partial charge in [0.05, 0.1) is 21.8 Å². The molecule has 0 radical (unpaired) electrons. The first kappa shape index (κ1) is 41.4. The minimum atomic E-state index is -4.44. The lowest BCUT2D eigenvalue weighted by Crippen LogP contribution is -2.09. The van der Waals surface area contributed by atoms with Crippen molar-refractivity contribution >= 4 is 52.1 Å². The van der Waals surface area contributed by atoms with Crippen LogP contribution in [0.2, 0.25) is 20.1 Å². The van der Waals surface area contributed by atoms with E-state index in [0.717, 1.165) is 22.2 Å². The van der Waals surface area contributed by atoms with Crippen molar-refractivity contribution in [1.29, 1.82) is 0 Å². The second-order valence-corrected chi connectivity index (χ2v) is 12.6. The topological polar surface area (TPSA) is 26.0 Å². The molecule has 0 amide bonds. The average Bonchev–Trinajstić information content (AvgIpc) is 2.89. The highest BCUT2D eigenvalue weighted by Crippen LogP contribution is 2.38. The monoisotopic (exact) mass is 725 g/mol. The van der Waals surface area contributed by atoms with Crippen LogP contribution >= 0.6 is 46.4 Å². The molecule has 4 rings (SSSR count). The Kier molecular flexibility index (Phi) is 15.3. The quantitative estimate of drug-likeness (QED) is 0.142. The standard InChI is InChI=1S/C9H8ClF3.2C9H11Cl.C8H7ClF3N/c1-5-3-7(9(11,12)13)6(2)8(10)4-5;2*1-6-4-7(2)8(3)9(10)5-6;1-4-2-5(8(10,11)12)7(13)6(9)3-4/h3-4H,1-2H3;2*4-5H,1-3H3;2-3H,13H2,1H3. The Bertz CT molecular complexity index is 1490. The molecular formula is C35H37Cl4F6N. The van der Waals surface area contributed by atoms with E-state index in [-0.39, 0.29) is 15.6 Å². The van der Waals surface area contributed by atoms with Gasteiger partial charge >= 0.3 is 12.4 Å². The number of hydrogen-bond acceptors (Lipinski definition) is 1. The molecule has 0 bridgehead atoms. The molecule has 4 aromatic rings. The lowest BCUT2D eigenvalue weighted by molar-refractivity contribution is -0.138.